The van der Waals surface area contributed by atoms with E-state index in [0.717, 1.165) is 26.7 Å². The second-order valence-electron chi connectivity index (χ2n) is 7.37. The summed E-state index contributed by atoms with van der Waals surface area (Å²) in [5.41, 5.74) is 2.72. The van der Waals surface area contributed by atoms with Gasteiger partial charge in [0.25, 0.3) is 0 Å². The molecule has 9 nitrogen and oxygen atoms in total. The third-order valence-corrected chi connectivity index (χ3v) is 6.17. The molecule has 0 saturated carbocycles. The molecule has 31 heavy (non-hydrogen) atoms. The number of aliphatic hydroxyl groups is 1. The molecule has 10 heteroatoms. The van der Waals surface area contributed by atoms with Gasteiger partial charge in [-0.1, -0.05) is 22.5 Å². The highest BCUT2D eigenvalue weighted by atomic mass is 32.1. The maximum absolute atomic E-state index is 12.3. The number of benzene rings is 1. The predicted octanol–water partition coefficient (Wildman–Crippen LogP) is 3.54. The third kappa shape index (κ3) is 4.86. The molecule has 1 saturated heterocycles. The quantitative estimate of drug-likeness (QED) is 0.497. The van der Waals surface area contributed by atoms with E-state index in [1.54, 1.807) is 21.2 Å². The SMILES string of the molecule is CCN=NN(C)CC1CN(c2ccc(-c3ccc(C4=NOC(CO)C4)s3)cc2)C(=O)O1. The average molecular weight is 444 g/mol. The highest BCUT2D eigenvalue weighted by Gasteiger charge is 2.33. The molecule has 2 unspecified atom stereocenters. The number of likely N-dealkylation sites (N-methyl/N-ethyl adjacent to an activating group) is 1. The molecule has 0 bridgehead atoms. The van der Waals surface area contributed by atoms with Gasteiger partial charge in [0, 0.05) is 24.0 Å². The van der Waals surface area contributed by atoms with Crippen LogP contribution in [0, 0.1) is 0 Å². The van der Waals surface area contributed by atoms with Crippen molar-refractivity contribution >= 4 is 28.8 Å². The van der Waals surface area contributed by atoms with Crippen molar-refractivity contribution in [2.75, 3.05) is 38.2 Å². The minimum absolute atomic E-state index is 0.0361. The maximum Gasteiger partial charge on any atom is 0.414 e. The fourth-order valence-corrected chi connectivity index (χ4v) is 4.46. The lowest BCUT2D eigenvalue weighted by Gasteiger charge is -2.16. The van der Waals surface area contributed by atoms with Crippen LogP contribution < -0.4 is 4.90 Å². The van der Waals surface area contributed by atoms with Crippen LogP contribution in [-0.2, 0) is 9.57 Å². The van der Waals surface area contributed by atoms with Crippen LogP contribution >= 0.6 is 11.3 Å². The Kier molecular flexibility index (Phi) is 6.47. The van der Waals surface area contributed by atoms with Gasteiger partial charge < -0.3 is 14.7 Å². The van der Waals surface area contributed by atoms with Crippen LogP contribution in [0.2, 0.25) is 0 Å². The van der Waals surface area contributed by atoms with E-state index in [9.17, 15) is 9.90 Å². The molecule has 1 amide bonds. The summed E-state index contributed by atoms with van der Waals surface area (Å²) in [6.45, 7) is 3.46. The number of anilines is 1. The van der Waals surface area contributed by atoms with Gasteiger partial charge in [0.05, 0.1) is 31.1 Å². The summed E-state index contributed by atoms with van der Waals surface area (Å²) in [5.74, 6) is 0. The van der Waals surface area contributed by atoms with Gasteiger partial charge in [-0.05, 0) is 36.8 Å². The van der Waals surface area contributed by atoms with Crippen molar-refractivity contribution in [2.45, 2.75) is 25.6 Å². The first-order valence-corrected chi connectivity index (χ1v) is 11.0. The van der Waals surface area contributed by atoms with E-state index in [2.05, 4.69) is 15.5 Å². The molecule has 2 aromatic rings. The van der Waals surface area contributed by atoms with Crippen molar-refractivity contribution < 1.29 is 19.5 Å². The van der Waals surface area contributed by atoms with Crippen LogP contribution in [0.5, 0.6) is 0 Å². The number of rotatable bonds is 8. The molecule has 2 aliphatic rings. The number of thiophene rings is 1. The van der Waals surface area contributed by atoms with Crippen molar-refractivity contribution in [2.24, 2.45) is 15.5 Å². The number of nitrogens with zero attached hydrogens (tertiary/aromatic N) is 5. The summed E-state index contributed by atoms with van der Waals surface area (Å²) in [6, 6.07) is 11.9. The molecule has 4 rings (SSSR count). The maximum atomic E-state index is 12.3. The van der Waals surface area contributed by atoms with Crippen LogP contribution in [0.15, 0.2) is 51.9 Å². The van der Waals surface area contributed by atoms with Crippen LogP contribution in [0.3, 0.4) is 0 Å². The van der Waals surface area contributed by atoms with Crippen molar-refractivity contribution in [3.63, 3.8) is 0 Å². The van der Waals surface area contributed by atoms with Crippen LogP contribution in [0.25, 0.3) is 10.4 Å². The Hall–Kier alpha value is -2.98. The van der Waals surface area contributed by atoms with E-state index < -0.39 is 0 Å². The normalized spacial score (nSPS) is 20.8. The Balaban J connectivity index is 1.40. The van der Waals surface area contributed by atoms with E-state index in [1.807, 2.05) is 50.4 Å². The number of hydrogen-bond donors (Lipinski definition) is 1. The minimum atomic E-state index is -0.352. The van der Waals surface area contributed by atoms with Crippen LogP contribution in [0.1, 0.15) is 18.2 Å². The molecule has 0 spiro atoms. The summed E-state index contributed by atoms with van der Waals surface area (Å²) in [7, 11) is 1.81. The molecule has 2 atom stereocenters. The van der Waals surface area contributed by atoms with Crippen LogP contribution in [0.4, 0.5) is 10.5 Å². The fraction of sp³-hybridized carbons (Fsp3) is 0.429. The number of amides is 1. The van der Waals surface area contributed by atoms with E-state index in [0.29, 0.717) is 26.1 Å². The Morgan fingerprint density at radius 2 is 2.00 bits per heavy atom. The number of ether oxygens (including phenoxy) is 1. The lowest BCUT2D eigenvalue weighted by molar-refractivity contribution is 0.0390. The average Bonchev–Trinajstić information content (AvgIpc) is 3.52. The summed E-state index contributed by atoms with van der Waals surface area (Å²) in [4.78, 5) is 21.3. The molecule has 1 aromatic carbocycles. The zero-order valence-corrected chi connectivity index (χ0v) is 18.3. The summed E-state index contributed by atoms with van der Waals surface area (Å²) < 4.78 is 5.47. The molecule has 0 aliphatic carbocycles. The molecule has 1 N–H and O–H groups in total. The second-order valence-corrected chi connectivity index (χ2v) is 8.45. The van der Waals surface area contributed by atoms with Gasteiger partial charge in [0.2, 0.25) is 0 Å². The zero-order chi connectivity index (χ0) is 21.8. The number of hydrogen-bond acceptors (Lipinski definition) is 8. The molecule has 0 radical (unpaired) electrons. The second kappa shape index (κ2) is 9.44. The van der Waals surface area contributed by atoms with Gasteiger partial charge in [-0.25, -0.2) is 4.79 Å². The first kappa shape index (κ1) is 21.3. The molecule has 1 fully saturated rings. The van der Waals surface area contributed by atoms with Crippen LogP contribution in [-0.4, -0.2) is 67.4 Å². The monoisotopic (exact) mass is 443 g/mol. The predicted molar refractivity (Wildman–Crippen MR) is 119 cm³/mol. The van der Waals surface area contributed by atoms with Gasteiger partial charge in [-0.3, -0.25) is 9.91 Å². The highest BCUT2D eigenvalue weighted by Crippen LogP contribution is 2.32. The van der Waals surface area contributed by atoms with Crippen molar-refractivity contribution in [3.8, 4) is 10.4 Å². The number of cyclic esters (lactones) is 1. The molecule has 1 aromatic heterocycles. The number of carbonyl (C=O) groups is 1. The molecular formula is C21H25N5O4S. The number of carbonyl (C=O) groups excluding carboxylic acids is 1. The first-order chi connectivity index (χ1) is 15.1. The highest BCUT2D eigenvalue weighted by molar-refractivity contribution is 7.17. The van der Waals surface area contributed by atoms with E-state index >= 15 is 0 Å². The Bertz CT molecular complexity index is 974. The smallest absolute Gasteiger partial charge is 0.414 e. The third-order valence-electron chi connectivity index (χ3n) is 4.99. The van der Waals surface area contributed by atoms with E-state index in [4.69, 9.17) is 9.57 Å². The Morgan fingerprint density at radius 3 is 2.71 bits per heavy atom. The Labute approximate surface area is 184 Å². The van der Waals surface area contributed by atoms with Crippen molar-refractivity contribution in [1.29, 1.82) is 0 Å². The van der Waals surface area contributed by atoms with Gasteiger partial charge >= 0.3 is 6.09 Å². The standard InChI is InChI=1S/C21H25N5O4S/c1-3-22-24-25(2)11-17-12-26(21(28)29-17)15-6-4-14(5-7-15)19-8-9-20(31-19)18-10-16(13-27)30-23-18/h4-9,16-17,27H,3,10-13H2,1-2H3. The van der Waals surface area contributed by atoms with Gasteiger partial charge in [0.15, 0.2) is 6.10 Å². The van der Waals surface area contributed by atoms with E-state index in [1.165, 1.54) is 0 Å². The number of oxime groups is 1. The first-order valence-electron chi connectivity index (χ1n) is 10.2. The minimum Gasteiger partial charge on any atom is -0.442 e. The largest absolute Gasteiger partial charge is 0.442 e. The topological polar surface area (TPSA) is 99.3 Å². The molecular weight excluding hydrogens is 418 g/mol. The van der Waals surface area contributed by atoms with Gasteiger partial charge in [-0.2, -0.15) is 5.11 Å². The molecule has 164 valence electrons. The summed E-state index contributed by atoms with van der Waals surface area (Å²) in [6.07, 6.45) is -0.249. The lowest BCUT2D eigenvalue weighted by Crippen LogP contribution is -2.29. The van der Waals surface area contributed by atoms with Gasteiger partial charge in [0.1, 0.15) is 11.8 Å². The summed E-state index contributed by atoms with van der Waals surface area (Å²) in [5, 5.41) is 23.0. The Morgan fingerprint density at radius 1 is 1.23 bits per heavy atom. The fourth-order valence-electron chi connectivity index (χ4n) is 3.46. The van der Waals surface area contributed by atoms with Crippen molar-refractivity contribution in [3.05, 3.63) is 41.3 Å². The van der Waals surface area contributed by atoms with Gasteiger partial charge in [-0.15, -0.1) is 11.3 Å². The molecule has 2 aliphatic heterocycles. The lowest BCUT2D eigenvalue weighted by atomic mass is 10.1. The van der Waals surface area contributed by atoms with Crippen molar-refractivity contribution in [1.82, 2.24) is 5.01 Å². The zero-order valence-electron chi connectivity index (χ0n) is 17.5. The molecule has 3 heterocycles. The van der Waals surface area contributed by atoms with E-state index in [-0.39, 0.29) is 24.9 Å². The summed E-state index contributed by atoms with van der Waals surface area (Å²) >= 11 is 1.63. The number of aliphatic hydroxyl groups excluding tert-OH is 1.